The Balaban J connectivity index is 2.90. The fourth-order valence-electron chi connectivity index (χ4n) is 1.51. The van der Waals surface area contributed by atoms with Gasteiger partial charge in [-0.3, -0.25) is 4.79 Å². The molecule has 112 valence electrons. The Labute approximate surface area is 128 Å². The standard InChI is InChI=1S/C14H22BrN3O2/c1-9(2)14(3,20)8-17-13(19)11-6-10(15)7-16-12(11)18(4)5/h6-7,9,20H,8H2,1-5H3,(H,17,19). The molecule has 0 fully saturated rings. The number of nitrogens with one attached hydrogen (secondary N) is 1. The first kappa shape index (κ1) is 16.9. The Morgan fingerprint density at radius 2 is 2.15 bits per heavy atom. The molecule has 1 aromatic rings. The van der Waals surface area contributed by atoms with Gasteiger partial charge in [-0.2, -0.15) is 0 Å². The lowest BCUT2D eigenvalue weighted by molar-refractivity contribution is 0.0142. The second-order valence-electron chi connectivity index (χ2n) is 5.61. The largest absolute Gasteiger partial charge is 0.388 e. The Kier molecular flexibility index (Phi) is 5.53. The summed E-state index contributed by atoms with van der Waals surface area (Å²) in [6, 6.07) is 1.72. The van der Waals surface area contributed by atoms with Crippen molar-refractivity contribution in [2.75, 3.05) is 25.5 Å². The van der Waals surface area contributed by atoms with Crippen molar-refractivity contribution in [1.82, 2.24) is 10.3 Å². The van der Waals surface area contributed by atoms with Crippen LogP contribution in [0.5, 0.6) is 0 Å². The summed E-state index contributed by atoms with van der Waals surface area (Å²) >= 11 is 3.32. The van der Waals surface area contributed by atoms with E-state index in [1.165, 1.54) is 0 Å². The van der Waals surface area contributed by atoms with Gasteiger partial charge in [0.25, 0.3) is 5.91 Å². The number of rotatable bonds is 5. The van der Waals surface area contributed by atoms with Crippen molar-refractivity contribution in [2.45, 2.75) is 26.4 Å². The molecule has 1 atom stereocenters. The van der Waals surface area contributed by atoms with Gasteiger partial charge in [-0.05, 0) is 34.8 Å². The minimum absolute atomic E-state index is 0.0525. The molecule has 0 bridgehead atoms. The van der Waals surface area contributed by atoms with E-state index in [1.807, 2.05) is 27.9 Å². The molecule has 0 aliphatic carbocycles. The molecular formula is C14H22BrN3O2. The molecule has 6 heteroatoms. The average Bonchev–Trinajstić information content (AvgIpc) is 2.35. The third kappa shape index (κ3) is 4.18. The van der Waals surface area contributed by atoms with Crippen LogP contribution in [0.4, 0.5) is 5.82 Å². The van der Waals surface area contributed by atoms with Crippen LogP contribution in [0.2, 0.25) is 0 Å². The molecule has 20 heavy (non-hydrogen) atoms. The Bertz CT molecular complexity index is 487. The van der Waals surface area contributed by atoms with E-state index in [0.29, 0.717) is 11.4 Å². The summed E-state index contributed by atoms with van der Waals surface area (Å²) < 4.78 is 0.740. The Morgan fingerprint density at radius 1 is 1.55 bits per heavy atom. The minimum Gasteiger partial charge on any atom is -0.388 e. The van der Waals surface area contributed by atoms with Gasteiger partial charge in [0.05, 0.1) is 11.2 Å². The molecule has 1 unspecified atom stereocenters. The van der Waals surface area contributed by atoms with Crippen LogP contribution in [0.25, 0.3) is 0 Å². The number of pyridine rings is 1. The zero-order valence-corrected chi connectivity index (χ0v) is 14.2. The second-order valence-corrected chi connectivity index (χ2v) is 6.53. The van der Waals surface area contributed by atoms with Crippen molar-refractivity contribution in [3.63, 3.8) is 0 Å². The molecular weight excluding hydrogens is 322 g/mol. The lowest BCUT2D eigenvalue weighted by Crippen LogP contribution is -2.44. The second kappa shape index (κ2) is 6.54. The number of aromatic nitrogens is 1. The highest BCUT2D eigenvalue weighted by Crippen LogP contribution is 2.20. The molecule has 0 saturated carbocycles. The summed E-state index contributed by atoms with van der Waals surface area (Å²) in [6.07, 6.45) is 1.65. The van der Waals surface area contributed by atoms with E-state index in [-0.39, 0.29) is 18.4 Å². The van der Waals surface area contributed by atoms with Crippen molar-refractivity contribution in [3.8, 4) is 0 Å². The van der Waals surface area contributed by atoms with Crippen molar-refractivity contribution >= 4 is 27.7 Å². The number of nitrogens with zero attached hydrogens (tertiary/aromatic N) is 2. The average molecular weight is 344 g/mol. The molecule has 0 radical (unpaired) electrons. The first-order valence-corrected chi connectivity index (χ1v) is 7.28. The molecule has 0 aromatic carbocycles. The first-order chi connectivity index (χ1) is 9.15. The molecule has 1 rings (SSSR count). The highest BCUT2D eigenvalue weighted by atomic mass is 79.9. The number of halogens is 1. The Morgan fingerprint density at radius 3 is 2.65 bits per heavy atom. The predicted octanol–water partition coefficient (Wildman–Crippen LogP) is 2.05. The van der Waals surface area contributed by atoms with Crippen LogP contribution < -0.4 is 10.2 Å². The van der Waals surface area contributed by atoms with E-state index in [9.17, 15) is 9.90 Å². The van der Waals surface area contributed by atoms with Crippen LogP contribution in [0.3, 0.4) is 0 Å². The van der Waals surface area contributed by atoms with Gasteiger partial charge < -0.3 is 15.3 Å². The van der Waals surface area contributed by atoms with Gasteiger partial charge in [0.15, 0.2) is 0 Å². The van der Waals surface area contributed by atoms with Crippen LogP contribution >= 0.6 is 15.9 Å². The highest BCUT2D eigenvalue weighted by Gasteiger charge is 2.26. The van der Waals surface area contributed by atoms with Gasteiger partial charge in [-0.15, -0.1) is 0 Å². The van der Waals surface area contributed by atoms with Gasteiger partial charge in [-0.25, -0.2) is 4.98 Å². The summed E-state index contributed by atoms with van der Waals surface area (Å²) in [7, 11) is 3.66. The van der Waals surface area contributed by atoms with Gasteiger partial charge in [0.2, 0.25) is 0 Å². The van der Waals surface area contributed by atoms with Gasteiger partial charge in [0.1, 0.15) is 5.82 Å². The van der Waals surface area contributed by atoms with E-state index >= 15 is 0 Å². The first-order valence-electron chi connectivity index (χ1n) is 6.48. The van der Waals surface area contributed by atoms with Crippen molar-refractivity contribution < 1.29 is 9.90 Å². The van der Waals surface area contributed by atoms with E-state index < -0.39 is 5.60 Å². The Hall–Kier alpha value is -1.14. The number of hydrogen-bond acceptors (Lipinski definition) is 4. The third-order valence-corrected chi connectivity index (χ3v) is 3.79. The predicted molar refractivity (Wildman–Crippen MR) is 84.1 cm³/mol. The van der Waals surface area contributed by atoms with Crippen LogP contribution in [-0.4, -0.2) is 42.2 Å². The number of amides is 1. The fraction of sp³-hybridized carbons (Fsp3) is 0.571. The van der Waals surface area contributed by atoms with Crippen molar-refractivity contribution in [1.29, 1.82) is 0 Å². The number of hydrogen-bond donors (Lipinski definition) is 2. The normalized spacial score (nSPS) is 14.0. The molecule has 0 saturated heterocycles. The fourth-order valence-corrected chi connectivity index (χ4v) is 1.85. The molecule has 0 aliphatic rings. The van der Waals surface area contributed by atoms with E-state index in [4.69, 9.17) is 0 Å². The highest BCUT2D eigenvalue weighted by molar-refractivity contribution is 9.10. The monoisotopic (exact) mass is 343 g/mol. The summed E-state index contributed by atoms with van der Waals surface area (Å²) in [5, 5.41) is 12.9. The van der Waals surface area contributed by atoms with Gasteiger partial charge >= 0.3 is 0 Å². The third-order valence-electron chi connectivity index (χ3n) is 3.35. The maximum Gasteiger partial charge on any atom is 0.255 e. The van der Waals surface area contributed by atoms with Crippen LogP contribution in [0.15, 0.2) is 16.7 Å². The summed E-state index contributed by atoms with van der Waals surface area (Å²) in [5.74, 6) is 0.398. The van der Waals surface area contributed by atoms with Crippen LogP contribution in [-0.2, 0) is 0 Å². The van der Waals surface area contributed by atoms with E-state index in [1.54, 1.807) is 24.1 Å². The summed E-state index contributed by atoms with van der Waals surface area (Å²) in [4.78, 5) is 18.3. The smallest absolute Gasteiger partial charge is 0.255 e. The topological polar surface area (TPSA) is 65.5 Å². The minimum atomic E-state index is -0.937. The number of anilines is 1. The molecule has 0 spiro atoms. The lowest BCUT2D eigenvalue weighted by Gasteiger charge is -2.28. The van der Waals surface area contributed by atoms with Crippen LogP contribution in [0.1, 0.15) is 31.1 Å². The zero-order valence-electron chi connectivity index (χ0n) is 12.6. The van der Waals surface area contributed by atoms with Crippen LogP contribution in [0, 0.1) is 5.92 Å². The zero-order chi connectivity index (χ0) is 15.5. The maximum atomic E-state index is 12.3. The molecule has 2 N–H and O–H groups in total. The molecule has 1 aromatic heterocycles. The van der Waals surface area contributed by atoms with Gasteiger partial charge in [-0.1, -0.05) is 13.8 Å². The molecule has 5 nitrogen and oxygen atoms in total. The van der Waals surface area contributed by atoms with Gasteiger partial charge in [0, 0.05) is 31.3 Å². The van der Waals surface area contributed by atoms with Crippen molar-refractivity contribution in [2.24, 2.45) is 5.92 Å². The van der Waals surface area contributed by atoms with E-state index in [2.05, 4.69) is 26.2 Å². The summed E-state index contributed by atoms with van der Waals surface area (Å²) in [6.45, 7) is 5.74. The van der Waals surface area contributed by atoms with Crippen molar-refractivity contribution in [3.05, 3.63) is 22.3 Å². The number of carbonyl (C=O) groups is 1. The SMILES string of the molecule is CC(C)C(C)(O)CNC(=O)c1cc(Br)cnc1N(C)C. The summed E-state index contributed by atoms with van der Waals surface area (Å²) in [5.41, 5.74) is -0.461. The van der Waals surface area contributed by atoms with E-state index in [0.717, 1.165) is 4.47 Å². The maximum absolute atomic E-state index is 12.3. The number of aliphatic hydroxyl groups is 1. The molecule has 1 amide bonds. The molecule has 1 heterocycles. The quantitative estimate of drug-likeness (QED) is 0.858. The molecule has 0 aliphatic heterocycles. The lowest BCUT2D eigenvalue weighted by atomic mass is 9.92. The number of carbonyl (C=O) groups excluding carboxylic acids is 1.